The van der Waals surface area contributed by atoms with Crippen LogP contribution >= 0.6 is 0 Å². The fraction of sp³-hybridized carbons (Fsp3) is 1.00. The van der Waals surface area contributed by atoms with E-state index < -0.39 is 5.60 Å². The SMILES string of the molecule is CCO[C@@H]1C[C@@](O)(CN)C1(C)C. The van der Waals surface area contributed by atoms with Crippen LogP contribution in [-0.2, 0) is 4.74 Å². The van der Waals surface area contributed by atoms with E-state index in [1.165, 1.54) is 0 Å². The van der Waals surface area contributed by atoms with Crippen molar-refractivity contribution in [1.29, 1.82) is 0 Å². The molecule has 0 radical (unpaired) electrons. The number of rotatable bonds is 3. The topological polar surface area (TPSA) is 55.5 Å². The van der Waals surface area contributed by atoms with Gasteiger partial charge in [0, 0.05) is 25.0 Å². The highest BCUT2D eigenvalue weighted by molar-refractivity contribution is 5.10. The molecule has 0 unspecified atom stereocenters. The third kappa shape index (κ3) is 1.16. The molecule has 0 heterocycles. The molecular weight excluding hydrogens is 154 g/mol. The first-order chi connectivity index (χ1) is 5.48. The normalized spacial score (nSPS) is 39.2. The summed E-state index contributed by atoms with van der Waals surface area (Å²) in [5, 5.41) is 9.94. The summed E-state index contributed by atoms with van der Waals surface area (Å²) in [5.41, 5.74) is 4.58. The number of ether oxygens (including phenoxy) is 1. The van der Waals surface area contributed by atoms with Crippen molar-refractivity contribution in [3.05, 3.63) is 0 Å². The van der Waals surface area contributed by atoms with Gasteiger partial charge in [-0.3, -0.25) is 0 Å². The van der Waals surface area contributed by atoms with E-state index >= 15 is 0 Å². The molecule has 0 amide bonds. The first-order valence-corrected chi connectivity index (χ1v) is 4.52. The number of aliphatic hydroxyl groups is 1. The highest BCUT2D eigenvalue weighted by Gasteiger charge is 2.59. The van der Waals surface area contributed by atoms with Crippen LogP contribution in [0.25, 0.3) is 0 Å². The summed E-state index contributed by atoms with van der Waals surface area (Å²) in [6.45, 7) is 7.00. The molecule has 72 valence electrons. The molecule has 1 rings (SSSR count). The molecule has 3 N–H and O–H groups in total. The predicted molar refractivity (Wildman–Crippen MR) is 47.8 cm³/mol. The zero-order chi connectivity index (χ0) is 9.41. The van der Waals surface area contributed by atoms with Gasteiger partial charge in [-0.1, -0.05) is 13.8 Å². The van der Waals surface area contributed by atoms with E-state index in [0.29, 0.717) is 19.6 Å². The lowest BCUT2D eigenvalue weighted by Gasteiger charge is -2.57. The summed E-state index contributed by atoms with van der Waals surface area (Å²) in [6.07, 6.45) is 0.834. The molecule has 0 spiro atoms. The first kappa shape index (κ1) is 9.96. The van der Waals surface area contributed by atoms with Gasteiger partial charge >= 0.3 is 0 Å². The monoisotopic (exact) mass is 173 g/mol. The molecule has 3 heteroatoms. The van der Waals surface area contributed by atoms with Gasteiger partial charge < -0.3 is 15.6 Å². The summed E-state index contributed by atoms with van der Waals surface area (Å²) in [4.78, 5) is 0. The Bertz CT molecular complexity index is 170. The van der Waals surface area contributed by atoms with E-state index in [-0.39, 0.29) is 11.5 Å². The Morgan fingerprint density at radius 1 is 1.58 bits per heavy atom. The molecule has 1 aliphatic rings. The van der Waals surface area contributed by atoms with Gasteiger partial charge in [0.2, 0.25) is 0 Å². The number of nitrogens with two attached hydrogens (primary N) is 1. The minimum atomic E-state index is -0.715. The van der Waals surface area contributed by atoms with E-state index in [2.05, 4.69) is 0 Å². The molecule has 0 bridgehead atoms. The van der Waals surface area contributed by atoms with Crippen molar-refractivity contribution in [1.82, 2.24) is 0 Å². The maximum Gasteiger partial charge on any atom is 0.0869 e. The van der Waals surface area contributed by atoms with Gasteiger partial charge in [-0.05, 0) is 6.92 Å². The van der Waals surface area contributed by atoms with Gasteiger partial charge in [-0.25, -0.2) is 0 Å². The van der Waals surface area contributed by atoms with Crippen LogP contribution in [0.1, 0.15) is 27.2 Å². The van der Waals surface area contributed by atoms with Crippen molar-refractivity contribution >= 4 is 0 Å². The third-order valence-corrected chi connectivity index (χ3v) is 3.23. The Labute approximate surface area is 73.9 Å². The van der Waals surface area contributed by atoms with Crippen LogP contribution in [-0.4, -0.2) is 30.0 Å². The van der Waals surface area contributed by atoms with Gasteiger partial charge in [-0.2, -0.15) is 0 Å². The van der Waals surface area contributed by atoms with Gasteiger partial charge in [0.05, 0.1) is 11.7 Å². The summed E-state index contributed by atoms with van der Waals surface area (Å²) in [7, 11) is 0. The lowest BCUT2D eigenvalue weighted by Crippen LogP contribution is -2.67. The molecule has 12 heavy (non-hydrogen) atoms. The van der Waals surface area contributed by atoms with E-state index in [9.17, 15) is 5.11 Å². The van der Waals surface area contributed by atoms with Crippen molar-refractivity contribution in [3.8, 4) is 0 Å². The van der Waals surface area contributed by atoms with Crippen LogP contribution in [0.2, 0.25) is 0 Å². The molecule has 1 fully saturated rings. The fourth-order valence-electron chi connectivity index (χ4n) is 1.81. The smallest absolute Gasteiger partial charge is 0.0869 e. The summed E-state index contributed by atoms with van der Waals surface area (Å²) >= 11 is 0. The fourth-order valence-corrected chi connectivity index (χ4v) is 1.81. The molecule has 3 nitrogen and oxygen atoms in total. The van der Waals surface area contributed by atoms with Crippen molar-refractivity contribution in [2.75, 3.05) is 13.2 Å². The van der Waals surface area contributed by atoms with Gasteiger partial charge in [0.25, 0.3) is 0 Å². The molecule has 0 aromatic carbocycles. The third-order valence-electron chi connectivity index (χ3n) is 3.23. The quantitative estimate of drug-likeness (QED) is 0.654. The van der Waals surface area contributed by atoms with Gasteiger partial charge in [0.15, 0.2) is 0 Å². The van der Waals surface area contributed by atoms with Crippen LogP contribution in [0.5, 0.6) is 0 Å². The van der Waals surface area contributed by atoms with Crippen molar-refractivity contribution in [2.45, 2.75) is 38.9 Å². The van der Waals surface area contributed by atoms with Crippen LogP contribution < -0.4 is 5.73 Å². The molecule has 1 aliphatic carbocycles. The largest absolute Gasteiger partial charge is 0.388 e. The lowest BCUT2D eigenvalue weighted by molar-refractivity contribution is -0.235. The minimum absolute atomic E-state index is 0.163. The predicted octanol–water partition coefficient (Wildman–Crippen LogP) is 0.511. The summed E-state index contributed by atoms with van der Waals surface area (Å²) in [5.74, 6) is 0. The Morgan fingerprint density at radius 3 is 2.50 bits per heavy atom. The Hall–Kier alpha value is -0.120. The summed E-state index contributed by atoms with van der Waals surface area (Å²) < 4.78 is 5.47. The van der Waals surface area contributed by atoms with Crippen LogP contribution in [0.15, 0.2) is 0 Å². The average Bonchev–Trinajstić information content (AvgIpc) is 2.04. The Kier molecular flexibility index (Phi) is 2.47. The van der Waals surface area contributed by atoms with Crippen LogP contribution in [0.4, 0.5) is 0 Å². The first-order valence-electron chi connectivity index (χ1n) is 4.52. The van der Waals surface area contributed by atoms with E-state index in [0.717, 1.165) is 0 Å². The lowest BCUT2D eigenvalue weighted by atomic mass is 9.56. The van der Waals surface area contributed by atoms with Gasteiger partial charge in [-0.15, -0.1) is 0 Å². The molecule has 0 aromatic heterocycles. The van der Waals surface area contributed by atoms with Crippen molar-refractivity contribution in [2.24, 2.45) is 11.1 Å². The molecule has 1 saturated carbocycles. The van der Waals surface area contributed by atoms with Crippen LogP contribution in [0, 0.1) is 5.41 Å². The number of hydrogen-bond donors (Lipinski definition) is 2. The second-order valence-corrected chi connectivity index (χ2v) is 4.11. The summed E-state index contributed by atoms with van der Waals surface area (Å²) in [6, 6.07) is 0. The van der Waals surface area contributed by atoms with Crippen molar-refractivity contribution in [3.63, 3.8) is 0 Å². The van der Waals surface area contributed by atoms with Crippen LogP contribution in [0.3, 0.4) is 0 Å². The zero-order valence-electron chi connectivity index (χ0n) is 8.13. The molecule has 0 aromatic rings. The van der Waals surface area contributed by atoms with E-state index in [4.69, 9.17) is 10.5 Å². The van der Waals surface area contributed by atoms with E-state index in [1.807, 2.05) is 20.8 Å². The highest BCUT2D eigenvalue weighted by atomic mass is 16.5. The molecule has 0 saturated heterocycles. The number of hydrogen-bond acceptors (Lipinski definition) is 3. The Balaban J connectivity index is 2.59. The zero-order valence-corrected chi connectivity index (χ0v) is 8.13. The molecule has 0 aliphatic heterocycles. The minimum Gasteiger partial charge on any atom is -0.388 e. The maximum absolute atomic E-state index is 9.94. The average molecular weight is 173 g/mol. The molecule has 2 atom stereocenters. The second kappa shape index (κ2) is 2.98. The van der Waals surface area contributed by atoms with E-state index in [1.54, 1.807) is 0 Å². The second-order valence-electron chi connectivity index (χ2n) is 4.11. The standard InChI is InChI=1S/C9H19NO2/c1-4-12-7-5-9(11,6-10)8(7,2)3/h7,11H,4-6,10H2,1-3H3/t7-,9-/m1/s1. The Morgan fingerprint density at radius 2 is 2.17 bits per heavy atom. The molecular formula is C9H19NO2. The van der Waals surface area contributed by atoms with Gasteiger partial charge in [0.1, 0.15) is 0 Å². The van der Waals surface area contributed by atoms with Crippen molar-refractivity contribution < 1.29 is 9.84 Å². The maximum atomic E-state index is 9.94. The highest BCUT2D eigenvalue weighted by Crippen LogP contribution is 2.50.